The highest BCUT2D eigenvalue weighted by Gasteiger charge is 2.13. The SMILES string of the molecule is Cc1cccc(S(=O)(=O)Nc2ccc(=O)[nH]c2)c1. The summed E-state index contributed by atoms with van der Waals surface area (Å²) in [6.45, 7) is 1.82. The van der Waals surface area contributed by atoms with Crippen LogP contribution in [0.5, 0.6) is 0 Å². The fourth-order valence-electron chi connectivity index (χ4n) is 1.47. The van der Waals surface area contributed by atoms with E-state index in [0.717, 1.165) is 5.56 Å². The Morgan fingerprint density at radius 1 is 1.17 bits per heavy atom. The Morgan fingerprint density at radius 3 is 2.56 bits per heavy atom. The van der Waals surface area contributed by atoms with Gasteiger partial charge in [0.2, 0.25) is 5.56 Å². The number of aryl methyl sites for hydroxylation is 1. The van der Waals surface area contributed by atoms with E-state index in [-0.39, 0.29) is 10.5 Å². The Balaban J connectivity index is 2.33. The molecule has 0 atom stereocenters. The van der Waals surface area contributed by atoms with Crippen molar-refractivity contribution >= 4 is 15.7 Å². The van der Waals surface area contributed by atoms with Crippen molar-refractivity contribution in [1.29, 1.82) is 0 Å². The van der Waals surface area contributed by atoms with Crippen molar-refractivity contribution in [3.8, 4) is 0 Å². The van der Waals surface area contributed by atoms with Crippen LogP contribution in [0.1, 0.15) is 5.56 Å². The van der Waals surface area contributed by atoms with Crippen molar-refractivity contribution in [3.63, 3.8) is 0 Å². The van der Waals surface area contributed by atoms with Crippen LogP contribution in [0, 0.1) is 6.92 Å². The Kier molecular flexibility index (Phi) is 3.20. The topological polar surface area (TPSA) is 79.0 Å². The van der Waals surface area contributed by atoms with Gasteiger partial charge in [-0.05, 0) is 30.7 Å². The van der Waals surface area contributed by atoms with E-state index in [1.54, 1.807) is 12.1 Å². The lowest BCUT2D eigenvalue weighted by atomic mass is 10.2. The second kappa shape index (κ2) is 4.66. The third kappa shape index (κ3) is 2.78. The molecule has 0 aliphatic carbocycles. The fraction of sp³-hybridized carbons (Fsp3) is 0.0833. The van der Waals surface area contributed by atoms with E-state index >= 15 is 0 Å². The number of benzene rings is 1. The molecule has 0 amide bonds. The molecule has 6 heteroatoms. The quantitative estimate of drug-likeness (QED) is 0.881. The Labute approximate surface area is 105 Å². The molecule has 0 fully saturated rings. The molecule has 1 heterocycles. The van der Waals surface area contributed by atoms with Crippen molar-refractivity contribution in [2.75, 3.05) is 4.72 Å². The summed E-state index contributed by atoms with van der Waals surface area (Å²) < 4.78 is 26.5. The molecule has 2 N–H and O–H groups in total. The molecular formula is C12H12N2O3S. The van der Waals surface area contributed by atoms with Gasteiger partial charge in [0, 0.05) is 12.3 Å². The van der Waals surface area contributed by atoms with Crippen molar-refractivity contribution in [2.45, 2.75) is 11.8 Å². The molecule has 94 valence electrons. The lowest BCUT2D eigenvalue weighted by molar-refractivity contribution is 0.601. The maximum absolute atomic E-state index is 12.0. The summed E-state index contributed by atoms with van der Waals surface area (Å²) in [4.78, 5) is 13.5. The monoisotopic (exact) mass is 264 g/mol. The van der Waals surface area contributed by atoms with Gasteiger partial charge in [-0.2, -0.15) is 0 Å². The van der Waals surface area contributed by atoms with Gasteiger partial charge in [0.15, 0.2) is 0 Å². The predicted molar refractivity (Wildman–Crippen MR) is 69.1 cm³/mol. The molecule has 5 nitrogen and oxygen atoms in total. The first kappa shape index (κ1) is 12.4. The predicted octanol–water partition coefficient (Wildman–Crippen LogP) is 1.48. The highest BCUT2D eigenvalue weighted by molar-refractivity contribution is 7.92. The average Bonchev–Trinajstić information content (AvgIpc) is 2.32. The van der Waals surface area contributed by atoms with Gasteiger partial charge in [0.1, 0.15) is 0 Å². The van der Waals surface area contributed by atoms with Gasteiger partial charge < -0.3 is 4.98 Å². The number of hydrogen-bond acceptors (Lipinski definition) is 3. The van der Waals surface area contributed by atoms with E-state index in [1.807, 2.05) is 13.0 Å². The van der Waals surface area contributed by atoms with Crippen LogP contribution in [0.3, 0.4) is 0 Å². The minimum Gasteiger partial charge on any atom is -0.327 e. The minimum absolute atomic E-state index is 0.189. The molecule has 0 aliphatic rings. The van der Waals surface area contributed by atoms with Crippen LogP contribution in [0.4, 0.5) is 5.69 Å². The fourth-order valence-corrected chi connectivity index (χ4v) is 2.62. The molecule has 1 aromatic heterocycles. The number of anilines is 1. The van der Waals surface area contributed by atoms with E-state index in [0.29, 0.717) is 5.69 Å². The van der Waals surface area contributed by atoms with Crippen molar-refractivity contribution < 1.29 is 8.42 Å². The second-order valence-corrected chi connectivity index (χ2v) is 5.55. The summed E-state index contributed by atoms with van der Waals surface area (Å²) in [6.07, 6.45) is 1.32. The van der Waals surface area contributed by atoms with Crippen molar-refractivity contribution in [2.24, 2.45) is 0 Å². The van der Waals surface area contributed by atoms with Crippen molar-refractivity contribution in [1.82, 2.24) is 4.98 Å². The van der Waals surface area contributed by atoms with Gasteiger partial charge in [-0.25, -0.2) is 8.42 Å². The van der Waals surface area contributed by atoms with Crippen LogP contribution in [0.2, 0.25) is 0 Å². The van der Waals surface area contributed by atoms with Gasteiger partial charge in [-0.3, -0.25) is 9.52 Å². The zero-order valence-electron chi connectivity index (χ0n) is 9.67. The number of rotatable bonds is 3. The molecule has 2 aromatic rings. The molecule has 1 aromatic carbocycles. The van der Waals surface area contributed by atoms with E-state index in [4.69, 9.17) is 0 Å². The number of nitrogens with one attached hydrogen (secondary N) is 2. The van der Waals surface area contributed by atoms with Crippen LogP contribution in [-0.2, 0) is 10.0 Å². The third-order valence-electron chi connectivity index (χ3n) is 2.34. The number of aromatic nitrogens is 1. The van der Waals surface area contributed by atoms with Gasteiger partial charge >= 0.3 is 0 Å². The summed E-state index contributed by atoms with van der Waals surface area (Å²) in [6, 6.07) is 9.26. The summed E-state index contributed by atoms with van der Waals surface area (Å²) >= 11 is 0. The maximum atomic E-state index is 12.0. The molecule has 0 unspecified atom stereocenters. The highest BCUT2D eigenvalue weighted by Crippen LogP contribution is 2.15. The van der Waals surface area contributed by atoms with Gasteiger partial charge in [0.25, 0.3) is 10.0 Å². The zero-order valence-corrected chi connectivity index (χ0v) is 10.5. The number of pyridine rings is 1. The van der Waals surface area contributed by atoms with E-state index in [9.17, 15) is 13.2 Å². The van der Waals surface area contributed by atoms with E-state index in [1.165, 1.54) is 24.4 Å². The number of hydrogen-bond donors (Lipinski definition) is 2. The molecular weight excluding hydrogens is 252 g/mol. The summed E-state index contributed by atoms with van der Waals surface area (Å²) in [5.41, 5.74) is 0.893. The first-order valence-corrected chi connectivity index (χ1v) is 6.74. The largest absolute Gasteiger partial charge is 0.327 e. The molecule has 18 heavy (non-hydrogen) atoms. The highest BCUT2D eigenvalue weighted by atomic mass is 32.2. The first-order valence-electron chi connectivity index (χ1n) is 5.26. The molecule has 2 rings (SSSR count). The van der Waals surface area contributed by atoms with E-state index < -0.39 is 10.0 Å². The average molecular weight is 264 g/mol. The van der Waals surface area contributed by atoms with Crippen LogP contribution < -0.4 is 10.3 Å². The van der Waals surface area contributed by atoms with Crippen molar-refractivity contribution in [3.05, 3.63) is 58.5 Å². The molecule has 0 bridgehead atoms. The summed E-state index contributed by atoms with van der Waals surface area (Å²) in [5.74, 6) is 0. The van der Waals surface area contributed by atoms with Crippen LogP contribution >= 0.6 is 0 Å². The second-order valence-electron chi connectivity index (χ2n) is 3.86. The summed E-state index contributed by atoms with van der Waals surface area (Å²) in [7, 11) is -3.62. The van der Waals surface area contributed by atoms with Crippen LogP contribution in [-0.4, -0.2) is 13.4 Å². The van der Waals surface area contributed by atoms with Gasteiger partial charge in [-0.1, -0.05) is 12.1 Å². The number of H-pyrrole nitrogens is 1. The third-order valence-corrected chi connectivity index (χ3v) is 3.72. The number of aromatic amines is 1. The standard InChI is InChI=1S/C12H12N2O3S/c1-9-3-2-4-11(7-9)18(16,17)14-10-5-6-12(15)13-8-10/h2-8,14H,1H3,(H,13,15). The minimum atomic E-state index is -3.62. The summed E-state index contributed by atoms with van der Waals surface area (Å²) in [5, 5.41) is 0. The first-order chi connectivity index (χ1) is 8.47. The molecule has 0 saturated carbocycles. The molecule has 0 saturated heterocycles. The number of sulfonamides is 1. The lowest BCUT2D eigenvalue weighted by Crippen LogP contribution is -2.14. The zero-order chi connectivity index (χ0) is 13.2. The Hall–Kier alpha value is -2.08. The smallest absolute Gasteiger partial charge is 0.261 e. The molecule has 0 spiro atoms. The molecule has 0 radical (unpaired) electrons. The lowest BCUT2D eigenvalue weighted by Gasteiger charge is -2.07. The Bertz CT molecular complexity index is 700. The van der Waals surface area contributed by atoms with Gasteiger partial charge in [0.05, 0.1) is 10.6 Å². The Morgan fingerprint density at radius 2 is 1.94 bits per heavy atom. The van der Waals surface area contributed by atoms with Gasteiger partial charge in [-0.15, -0.1) is 0 Å². The maximum Gasteiger partial charge on any atom is 0.261 e. The molecule has 0 aliphatic heterocycles. The van der Waals surface area contributed by atoms with Crippen LogP contribution in [0.25, 0.3) is 0 Å². The normalized spacial score (nSPS) is 11.2. The van der Waals surface area contributed by atoms with E-state index in [2.05, 4.69) is 9.71 Å². The van der Waals surface area contributed by atoms with Crippen LogP contribution in [0.15, 0.2) is 52.3 Å².